The molecule has 1 saturated carbocycles. The highest BCUT2D eigenvalue weighted by Gasteiger charge is 2.72. The van der Waals surface area contributed by atoms with E-state index in [0.29, 0.717) is 24.8 Å². The first-order valence-corrected chi connectivity index (χ1v) is 15.1. The fourth-order valence-corrected chi connectivity index (χ4v) is 8.39. The highest BCUT2D eigenvalue weighted by molar-refractivity contribution is 8.00. The van der Waals surface area contributed by atoms with E-state index in [-0.39, 0.29) is 17.9 Å². The van der Waals surface area contributed by atoms with Crippen molar-refractivity contribution in [2.24, 2.45) is 11.8 Å². The third-order valence-corrected chi connectivity index (χ3v) is 10.2. The molecule has 0 bridgehead atoms. The van der Waals surface area contributed by atoms with Crippen LogP contribution in [0, 0.1) is 11.8 Å². The van der Waals surface area contributed by atoms with Gasteiger partial charge in [0.2, 0.25) is 11.8 Å². The predicted molar refractivity (Wildman–Crippen MR) is 147 cm³/mol. The molecule has 9 nitrogen and oxygen atoms in total. The fraction of sp³-hybridized carbons (Fsp3) is 0.655. The molecule has 4 aliphatic rings. The Kier molecular flexibility index (Phi) is 9.81. The van der Waals surface area contributed by atoms with E-state index in [1.165, 1.54) is 44.1 Å². The molecule has 4 fully saturated rings. The number of ether oxygens (including phenoxy) is 2. The molecule has 42 heavy (non-hydrogen) atoms. The summed E-state index contributed by atoms with van der Waals surface area (Å²) in [5.74, 6) is -4.08. The van der Waals surface area contributed by atoms with Gasteiger partial charge >= 0.3 is 18.1 Å². The molecule has 1 aliphatic carbocycles. The second kappa shape index (κ2) is 12.8. The summed E-state index contributed by atoms with van der Waals surface area (Å²) >= 11 is 1.88. The number of hydrogen-bond acceptors (Lipinski definition) is 8. The normalized spacial score (nSPS) is 28.0. The van der Waals surface area contributed by atoms with Crippen LogP contribution in [0.3, 0.4) is 0 Å². The van der Waals surface area contributed by atoms with E-state index in [0.717, 1.165) is 29.1 Å². The smallest absolute Gasteiger partial charge is 0.490 e. The minimum absolute atomic E-state index is 0.176. The number of likely N-dealkylation sites (tertiary alicyclic amines) is 1. The maximum absolute atomic E-state index is 13.6. The summed E-state index contributed by atoms with van der Waals surface area (Å²) in [6, 6.07) is 5.84. The largest absolute Gasteiger partial charge is 0.496 e. The van der Waals surface area contributed by atoms with Crippen molar-refractivity contribution in [3.05, 3.63) is 23.8 Å². The SMILES string of the molecule is CCN1C(=O)[C@H]2[C@@H](c3ccc(SC4CCCCC4)c(OC)c3)N3CCCC[C@@]3(C(=O)OC)[C@H]2C1=O.O=C(O)C(F)(F)F. The zero-order valence-corrected chi connectivity index (χ0v) is 24.8. The number of piperidine rings is 1. The number of nitrogens with zero attached hydrogens (tertiary/aromatic N) is 2. The lowest BCUT2D eigenvalue weighted by molar-refractivity contribution is -0.192. The van der Waals surface area contributed by atoms with Crippen LogP contribution in [0.1, 0.15) is 69.9 Å². The van der Waals surface area contributed by atoms with Crippen LogP contribution < -0.4 is 4.74 Å². The minimum atomic E-state index is -5.08. The van der Waals surface area contributed by atoms with Crippen molar-refractivity contribution in [3.63, 3.8) is 0 Å². The Bertz CT molecular complexity index is 1210. The molecule has 232 valence electrons. The Balaban J connectivity index is 0.000000517. The van der Waals surface area contributed by atoms with Gasteiger partial charge in [-0.25, -0.2) is 4.79 Å². The van der Waals surface area contributed by atoms with Gasteiger partial charge in [0.15, 0.2) is 0 Å². The molecule has 0 spiro atoms. The van der Waals surface area contributed by atoms with Gasteiger partial charge < -0.3 is 14.6 Å². The zero-order valence-electron chi connectivity index (χ0n) is 23.9. The molecule has 4 atom stereocenters. The highest BCUT2D eigenvalue weighted by atomic mass is 32.2. The Morgan fingerprint density at radius 1 is 1.07 bits per heavy atom. The number of fused-ring (bicyclic) bond motifs is 3. The van der Waals surface area contributed by atoms with Gasteiger partial charge in [-0.2, -0.15) is 13.2 Å². The van der Waals surface area contributed by atoms with Crippen LogP contribution in [0.5, 0.6) is 5.75 Å². The number of halogens is 3. The van der Waals surface area contributed by atoms with Gasteiger partial charge in [0, 0.05) is 22.7 Å². The van der Waals surface area contributed by atoms with Gasteiger partial charge in [-0.15, -0.1) is 11.8 Å². The first-order chi connectivity index (χ1) is 19.9. The maximum atomic E-state index is 13.6. The summed E-state index contributed by atoms with van der Waals surface area (Å²) in [6.45, 7) is 2.78. The number of alkyl halides is 3. The van der Waals surface area contributed by atoms with Crippen LogP contribution in [-0.4, -0.2) is 82.9 Å². The molecule has 5 rings (SSSR count). The van der Waals surface area contributed by atoms with Crippen molar-refractivity contribution >= 4 is 35.5 Å². The van der Waals surface area contributed by atoms with Crippen LogP contribution in [0.15, 0.2) is 23.1 Å². The van der Waals surface area contributed by atoms with Crippen LogP contribution in [0.2, 0.25) is 0 Å². The lowest BCUT2D eigenvalue weighted by atomic mass is 9.75. The summed E-state index contributed by atoms with van der Waals surface area (Å²) in [5.41, 5.74) is -0.168. The van der Waals surface area contributed by atoms with Gasteiger partial charge in [-0.3, -0.25) is 24.2 Å². The molecule has 1 N–H and O–H groups in total. The minimum Gasteiger partial charge on any atom is -0.496 e. The van der Waals surface area contributed by atoms with Crippen LogP contribution in [-0.2, 0) is 23.9 Å². The average molecular weight is 615 g/mol. The van der Waals surface area contributed by atoms with E-state index in [9.17, 15) is 27.6 Å². The quantitative estimate of drug-likeness (QED) is 0.356. The number of methoxy groups -OCH3 is 2. The van der Waals surface area contributed by atoms with Gasteiger partial charge in [0.05, 0.1) is 26.1 Å². The monoisotopic (exact) mass is 614 g/mol. The van der Waals surface area contributed by atoms with Crippen LogP contribution in [0.25, 0.3) is 0 Å². The zero-order chi connectivity index (χ0) is 30.8. The van der Waals surface area contributed by atoms with Crippen LogP contribution >= 0.6 is 11.8 Å². The molecule has 3 saturated heterocycles. The third-order valence-electron chi connectivity index (χ3n) is 8.82. The molecular weight excluding hydrogens is 577 g/mol. The van der Waals surface area contributed by atoms with Gasteiger partial charge in [0.25, 0.3) is 0 Å². The lowest BCUT2D eigenvalue weighted by Crippen LogP contribution is -2.59. The lowest BCUT2D eigenvalue weighted by Gasteiger charge is -2.44. The van der Waals surface area contributed by atoms with Crippen molar-refractivity contribution < 1.29 is 46.9 Å². The Morgan fingerprint density at radius 3 is 2.31 bits per heavy atom. The number of aliphatic carboxylic acids is 1. The molecule has 1 aromatic carbocycles. The summed E-state index contributed by atoms with van der Waals surface area (Å²) in [6.07, 6.45) is 3.51. The van der Waals surface area contributed by atoms with Crippen molar-refractivity contribution in [1.29, 1.82) is 0 Å². The number of amides is 2. The molecule has 3 aliphatic heterocycles. The Morgan fingerprint density at radius 2 is 1.74 bits per heavy atom. The summed E-state index contributed by atoms with van der Waals surface area (Å²) in [4.78, 5) is 53.9. The fourth-order valence-electron chi connectivity index (χ4n) is 7.06. The second-order valence-corrected chi connectivity index (χ2v) is 12.4. The molecule has 3 heterocycles. The molecule has 0 radical (unpaired) electrons. The topological polar surface area (TPSA) is 113 Å². The number of imide groups is 1. The van der Waals surface area contributed by atoms with E-state index in [1.807, 2.05) is 24.8 Å². The van der Waals surface area contributed by atoms with Crippen molar-refractivity contribution in [1.82, 2.24) is 9.80 Å². The third kappa shape index (κ3) is 5.73. The number of carboxylic acid groups (broad SMARTS) is 1. The predicted octanol–water partition coefficient (Wildman–Crippen LogP) is 4.83. The summed E-state index contributed by atoms with van der Waals surface area (Å²) in [5, 5.41) is 7.72. The number of esters is 1. The number of carboxylic acids is 1. The summed E-state index contributed by atoms with van der Waals surface area (Å²) < 4.78 is 42.9. The van der Waals surface area contributed by atoms with E-state index >= 15 is 0 Å². The molecule has 0 aromatic heterocycles. The number of carbonyl (C=O) groups excluding carboxylic acids is 3. The van der Waals surface area contributed by atoms with Crippen molar-refractivity contribution in [3.8, 4) is 5.75 Å². The van der Waals surface area contributed by atoms with E-state index in [2.05, 4.69) is 17.0 Å². The highest BCUT2D eigenvalue weighted by Crippen LogP contribution is 2.59. The number of thioether (sulfide) groups is 1. The number of rotatable bonds is 6. The van der Waals surface area contributed by atoms with Gasteiger partial charge in [0.1, 0.15) is 11.3 Å². The van der Waals surface area contributed by atoms with E-state index < -0.39 is 35.5 Å². The number of benzene rings is 1. The first kappa shape index (κ1) is 32.1. The average Bonchev–Trinajstić information content (AvgIpc) is 3.42. The standard InChI is InChI=1S/C27H36N2O5S.C2HF3O2/c1-4-28-24(30)21-22(25(28)31)27(26(32)34-3)14-8-9-15-29(27)23(21)17-12-13-20(19(16-17)33-2)35-18-10-6-5-7-11-18;3-2(4,5)1(6)7/h12-13,16,18,21-23H,4-11,14-15H2,1-3H3;(H,6,7)/t21-,22-,23-,27+;/m1./s1. The van der Waals surface area contributed by atoms with Crippen molar-refractivity contribution in [2.75, 3.05) is 27.3 Å². The first-order valence-electron chi connectivity index (χ1n) is 14.3. The molecule has 13 heteroatoms. The number of carbonyl (C=O) groups is 4. The summed E-state index contributed by atoms with van der Waals surface area (Å²) in [7, 11) is 3.07. The Labute approximate surface area is 247 Å². The van der Waals surface area contributed by atoms with E-state index in [1.54, 1.807) is 7.11 Å². The second-order valence-electron chi connectivity index (χ2n) is 11.0. The van der Waals surface area contributed by atoms with Gasteiger partial charge in [-0.05, 0) is 63.3 Å². The number of hydrogen-bond donors (Lipinski definition) is 1. The molecule has 0 unspecified atom stereocenters. The Hall–Kier alpha value is -2.80. The van der Waals surface area contributed by atoms with E-state index in [4.69, 9.17) is 19.4 Å². The van der Waals surface area contributed by atoms with Crippen LogP contribution in [0.4, 0.5) is 13.2 Å². The molecular formula is C29H37F3N2O7S. The van der Waals surface area contributed by atoms with Gasteiger partial charge in [-0.1, -0.05) is 25.3 Å². The maximum Gasteiger partial charge on any atom is 0.490 e. The van der Waals surface area contributed by atoms with Crippen molar-refractivity contribution in [2.45, 2.75) is 86.2 Å². The molecule has 2 amide bonds. The molecule has 1 aromatic rings.